The minimum atomic E-state index is 1.02. The molecule has 1 nitrogen and oxygen atoms in total. The van der Waals surface area contributed by atoms with Gasteiger partial charge in [0.05, 0.1) is 5.88 Å². The van der Waals surface area contributed by atoms with Gasteiger partial charge in [-0.15, -0.1) is 11.8 Å². The van der Waals surface area contributed by atoms with E-state index in [1.54, 1.807) is 0 Å². The van der Waals surface area contributed by atoms with Crippen molar-refractivity contribution in [3.8, 4) is 0 Å². The molecule has 1 aromatic carbocycles. The molecule has 0 aromatic heterocycles. The zero-order valence-electron chi connectivity index (χ0n) is 8.12. The normalized spacial score (nSPS) is 9.92. The molecule has 2 heteroatoms. The van der Waals surface area contributed by atoms with E-state index in [4.69, 9.17) is 0 Å². The topological polar surface area (TPSA) is 12.0 Å². The molecule has 1 N–H and O–H groups in total. The molecular weight excluding hydrogens is 178 g/mol. The van der Waals surface area contributed by atoms with Crippen LogP contribution in [-0.2, 0) is 0 Å². The zero-order chi connectivity index (χ0) is 9.36. The Morgan fingerprint density at radius 3 is 2.69 bits per heavy atom. The third-order valence-electron chi connectivity index (χ3n) is 1.79. The molecule has 0 fully saturated rings. The van der Waals surface area contributed by atoms with Gasteiger partial charge in [0.1, 0.15) is 0 Å². The summed E-state index contributed by atoms with van der Waals surface area (Å²) in [5, 5.41) is 3.37. The van der Waals surface area contributed by atoms with Crippen molar-refractivity contribution in [3.63, 3.8) is 0 Å². The lowest BCUT2D eigenvalue weighted by Gasteiger charge is -2.04. The summed E-state index contributed by atoms with van der Waals surface area (Å²) in [7, 11) is 0. The molecule has 0 saturated heterocycles. The van der Waals surface area contributed by atoms with Crippen LogP contribution >= 0.6 is 11.8 Å². The maximum atomic E-state index is 3.37. The minimum Gasteiger partial charge on any atom is -0.376 e. The summed E-state index contributed by atoms with van der Waals surface area (Å²) in [6.07, 6.45) is 2.61. The lowest BCUT2D eigenvalue weighted by molar-refractivity contribution is 0.896. The lowest BCUT2D eigenvalue weighted by Crippen LogP contribution is -1.97. The van der Waals surface area contributed by atoms with Gasteiger partial charge in [0.25, 0.3) is 0 Å². The predicted octanol–water partition coefficient (Wildman–Crippen LogP) is 3.59. The third-order valence-corrected chi connectivity index (χ3v) is 2.72. The molecule has 1 aromatic rings. The van der Waals surface area contributed by atoms with Crippen LogP contribution in [-0.4, -0.2) is 11.6 Å². The first-order valence-corrected chi connectivity index (χ1v) is 5.95. The minimum absolute atomic E-state index is 1.02. The molecule has 0 atom stereocenters. The summed E-state index contributed by atoms with van der Waals surface area (Å²) in [6.45, 7) is 2.23. The van der Waals surface area contributed by atoms with Crippen LogP contribution in [0.15, 0.2) is 30.3 Å². The number of benzene rings is 1. The molecule has 0 saturated carbocycles. The Bertz CT molecular complexity index is 211. The van der Waals surface area contributed by atoms with Gasteiger partial charge in [0.15, 0.2) is 0 Å². The van der Waals surface area contributed by atoms with E-state index < -0.39 is 0 Å². The van der Waals surface area contributed by atoms with Crippen LogP contribution in [0.25, 0.3) is 0 Å². The van der Waals surface area contributed by atoms with E-state index in [-0.39, 0.29) is 0 Å². The molecule has 72 valence electrons. The van der Waals surface area contributed by atoms with Gasteiger partial charge in [-0.05, 0) is 24.3 Å². The highest BCUT2D eigenvalue weighted by atomic mass is 32.2. The number of hydrogen-bond donors (Lipinski definition) is 1. The van der Waals surface area contributed by atoms with Gasteiger partial charge in [-0.1, -0.05) is 31.5 Å². The molecule has 0 unspecified atom stereocenters. The maximum absolute atomic E-state index is 3.37. The third kappa shape index (κ3) is 4.83. The van der Waals surface area contributed by atoms with Crippen LogP contribution in [0.3, 0.4) is 0 Å². The Kier molecular flexibility index (Phi) is 5.50. The molecular formula is C11H17NS. The number of thioether (sulfide) groups is 1. The molecule has 0 radical (unpaired) electrons. The first-order valence-electron chi connectivity index (χ1n) is 4.80. The van der Waals surface area contributed by atoms with Crippen LogP contribution < -0.4 is 5.32 Å². The van der Waals surface area contributed by atoms with E-state index >= 15 is 0 Å². The van der Waals surface area contributed by atoms with Crippen molar-refractivity contribution >= 4 is 17.4 Å². The smallest absolute Gasteiger partial charge is 0.0610 e. The van der Waals surface area contributed by atoms with Crippen molar-refractivity contribution in [2.75, 3.05) is 16.9 Å². The highest BCUT2D eigenvalue weighted by Crippen LogP contribution is 2.09. The van der Waals surface area contributed by atoms with E-state index in [2.05, 4.69) is 36.5 Å². The first-order chi connectivity index (χ1) is 6.43. The number of nitrogens with one attached hydrogen (secondary N) is 1. The fraction of sp³-hybridized carbons (Fsp3) is 0.455. The number of anilines is 1. The molecule has 0 heterocycles. The Morgan fingerprint density at radius 2 is 2.00 bits per heavy atom. The summed E-state index contributed by atoms with van der Waals surface area (Å²) in [6, 6.07) is 10.3. The van der Waals surface area contributed by atoms with E-state index in [1.165, 1.54) is 24.3 Å². The maximum Gasteiger partial charge on any atom is 0.0610 e. The van der Waals surface area contributed by atoms with Crippen molar-refractivity contribution in [1.82, 2.24) is 0 Å². The Labute approximate surface area is 84.9 Å². The zero-order valence-corrected chi connectivity index (χ0v) is 8.94. The fourth-order valence-electron chi connectivity index (χ4n) is 1.01. The quantitative estimate of drug-likeness (QED) is 0.550. The van der Waals surface area contributed by atoms with Gasteiger partial charge in [-0.3, -0.25) is 0 Å². The van der Waals surface area contributed by atoms with Crippen molar-refractivity contribution in [3.05, 3.63) is 30.3 Å². The van der Waals surface area contributed by atoms with E-state index in [1.807, 2.05) is 17.8 Å². The number of rotatable bonds is 6. The first kappa shape index (κ1) is 10.5. The molecule has 0 bridgehead atoms. The van der Waals surface area contributed by atoms with Gasteiger partial charge in [-0.2, -0.15) is 0 Å². The molecule has 0 spiro atoms. The molecule has 0 aliphatic heterocycles. The van der Waals surface area contributed by atoms with Crippen molar-refractivity contribution in [2.45, 2.75) is 19.8 Å². The second kappa shape index (κ2) is 6.84. The average Bonchev–Trinajstić information content (AvgIpc) is 2.19. The van der Waals surface area contributed by atoms with Gasteiger partial charge in [-0.25, -0.2) is 0 Å². The van der Waals surface area contributed by atoms with Gasteiger partial charge in [0, 0.05) is 5.69 Å². The summed E-state index contributed by atoms with van der Waals surface area (Å²) >= 11 is 1.96. The summed E-state index contributed by atoms with van der Waals surface area (Å²) in [5.41, 5.74) is 1.21. The van der Waals surface area contributed by atoms with Crippen molar-refractivity contribution < 1.29 is 0 Å². The van der Waals surface area contributed by atoms with Crippen molar-refractivity contribution in [2.24, 2.45) is 0 Å². The second-order valence-electron chi connectivity index (χ2n) is 2.95. The summed E-state index contributed by atoms with van der Waals surface area (Å²) < 4.78 is 0. The highest BCUT2D eigenvalue weighted by Gasteiger charge is 1.89. The Morgan fingerprint density at radius 1 is 1.23 bits per heavy atom. The lowest BCUT2D eigenvalue weighted by atomic mass is 10.3. The van der Waals surface area contributed by atoms with Crippen LogP contribution in [0.5, 0.6) is 0 Å². The molecule has 0 aliphatic carbocycles. The van der Waals surface area contributed by atoms with Gasteiger partial charge >= 0.3 is 0 Å². The van der Waals surface area contributed by atoms with Gasteiger partial charge < -0.3 is 5.32 Å². The molecule has 0 aliphatic rings. The van der Waals surface area contributed by atoms with Crippen LogP contribution in [0, 0.1) is 0 Å². The predicted molar refractivity (Wildman–Crippen MR) is 62.3 cm³/mol. The van der Waals surface area contributed by atoms with Crippen molar-refractivity contribution in [1.29, 1.82) is 0 Å². The monoisotopic (exact) mass is 195 g/mol. The van der Waals surface area contributed by atoms with E-state index in [0.29, 0.717) is 0 Å². The molecule has 0 amide bonds. The van der Waals surface area contributed by atoms with E-state index in [9.17, 15) is 0 Å². The number of hydrogen-bond acceptors (Lipinski definition) is 2. The highest BCUT2D eigenvalue weighted by molar-refractivity contribution is 7.99. The fourth-order valence-corrected chi connectivity index (χ4v) is 1.91. The Hall–Kier alpha value is -0.630. The Balaban J connectivity index is 2.07. The van der Waals surface area contributed by atoms with Crippen LogP contribution in [0.2, 0.25) is 0 Å². The van der Waals surface area contributed by atoms with Crippen LogP contribution in [0.1, 0.15) is 19.8 Å². The number of unbranched alkanes of at least 4 members (excludes halogenated alkanes) is 1. The van der Waals surface area contributed by atoms with Gasteiger partial charge in [0.2, 0.25) is 0 Å². The van der Waals surface area contributed by atoms with E-state index in [0.717, 1.165) is 5.88 Å². The second-order valence-corrected chi connectivity index (χ2v) is 4.05. The summed E-state index contributed by atoms with van der Waals surface area (Å²) in [5.74, 6) is 2.28. The average molecular weight is 195 g/mol. The van der Waals surface area contributed by atoms with Crippen LogP contribution in [0.4, 0.5) is 5.69 Å². The number of para-hydroxylation sites is 1. The molecule has 13 heavy (non-hydrogen) atoms. The SMILES string of the molecule is CCCCSCNc1ccccc1. The standard InChI is InChI=1S/C11H17NS/c1-2-3-9-13-10-12-11-7-5-4-6-8-11/h4-8,12H,2-3,9-10H2,1H3. The summed E-state index contributed by atoms with van der Waals surface area (Å²) in [4.78, 5) is 0. The molecule has 1 rings (SSSR count). The largest absolute Gasteiger partial charge is 0.376 e.